The lowest BCUT2D eigenvalue weighted by atomic mass is 10.1. The fourth-order valence-corrected chi connectivity index (χ4v) is 4.97. The number of hydrogen-bond donors (Lipinski definition) is 1. The lowest BCUT2D eigenvalue weighted by molar-refractivity contribution is -0.120. The molecule has 0 radical (unpaired) electrons. The van der Waals surface area contributed by atoms with Crippen molar-refractivity contribution in [2.45, 2.75) is 38.5 Å². The van der Waals surface area contributed by atoms with E-state index in [1.54, 1.807) is 0 Å². The maximum absolute atomic E-state index is 12.1. The molecule has 0 bridgehead atoms. The van der Waals surface area contributed by atoms with E-state index < -0.39 is 9.84 Å². The minimum absolute atomic E-state index is 0.0614. The zero-order valence-electron chi connectivity index (χ0n) is 14.4. The second-order valence-electron chi connectivity index (χ2n) is 6.24. The van der Waals surface area contributed by atoms with Crippen molar-refractivity contribution in [1.82, 2.24) is 5.32 Å². The van der Waals surface area contributed by atoms with Gasteiger partial charge in [0.05, 0.1) is 23.4 Å². The molecule has 1 aromatic rings. The summed E-state index contributed by atoms with van der Waals surface area (Å²) in [5.74, 6) is 1.71. The van der Waals surface area contributed by atoms with Crippen LogP contribution in [-0.4, -0.2) is 49.5 Å². The van der Waals surface area contributed by atoms with Gasteiger partial charge in [0.25, 0.3) is 0 Å². The van der Waals surface area contributed by atoms with Gasteiger partial charge in [0.2, 0.25) is 5.91 Å². The average Bonchev–Trinajstić information content (AvgIpc) is 2.85. The summed E-state index contributed by atoms with van der Waals surface area (Å²) in [5.41, 5.74) is 2.25. The van der Waals surface area contributed by atoms with Gasteiger partial charge in [-0.3, -0.25) is 4.79 Å². The second kappa shape index (κ2) is 8.25. The predicted octanol–water partition coefficient (Wildman–Crippen LogP) is 2.11. The highest BCUT2D eigenvalue weighted by atomic mass is 32.2. The highest BCUT2D eigenvalue weighted by Crippen LogP contribution is 2.20. The number of sulfone groups is 1. The van der Waals surface area contributed by atoms with Gasteiger partial charge in [-0.25, -0.2) is 8.42 Å². The van der Waals surface area contributed by atoms with Gasteiger partial charge in [0.15, 0.2) is 9.84 Å². The van der Waals surface area contributed by atoms with Crippen LogP contribution < -0.4 is 10.1 Å². The first-order chi connectivity index (χ1) is 11.3. The molecule has 1 N–H and O–H groups in total. The summed E-state index contributed by atoms with van der Waals surface area (Å²) < 4.78 is 28.6. The van der Waals surface area contributed by atoms with Gasteiger partial charge in [-0.05, 0) is 44.4 Å². The van der Waals surface area contributed by atoms with Gasteiger partial charge >= 0.3 is 0 Å². The summed E-state index contributed by atoms with van der Waals surface area (Å²) in [6.07, 6.45) is 0.515. The molecule has 7 heteroatoms. The van der Waals surface area contributed by atoms with E-state index in [1.165, 1.54) is 11.8 Å². The Morgan fingerprint density at radius 3 is 2.83 bits per heavy atom. The molecule has 1 aromatic carbocycles. The van der Waals surface area contributed by atoms with Crippen molar-refractivity contribution in [1.29, 1.82) is 0 Å². The molecule has 2 unspecified atom stereocenters. The van der Waals surface area contributed by atoms with Crippen LogP contribution in [0.5, 0.6) is 5.75 Å². The summed E-state index contributed by atoms with van der Waals surface area (Å²) in [6, 6.07) is 5.85. The lowest BCUT2D eigenvalue weighted by Crippen LogP contribution is -2.40. The van der Waals surface area contributed by atoms with Crippen molar-refractivity contribution in [3.05, 3.63) is 29.3 Å². The molecule has 2 atom stereocenters. The molecule has 0 saturated carbocycles. The van der Waals surface area contributed by atoms with Crippen LogP contribution in [0.2, 0.25) is 0 Å². The Balaban J connectivity index is 1.70. The Morgan fingerprint density at radius 2 is 2.17 bits per heavy atom. The van der Waals surface area contributed by atoms with Crippen LogP contribution >= 0.6 is 11.8 Å². The topological polar surface area (TPSA) is 72.5 Å². The van der Waals surface area contributed by atoms with Crippen LogP contribution in [0.1, 0.15) is 24.5 Å². The number of carbonyl (C=O) groups excluding carboxylic acids is 1. The van der Waals surface area contributed by atoms with Crippen LogP contribution in [0.25, 0.3) is 0 Å². The largest absolute Gasteiger partial charge is 0.492 e. The third-order valence-corrected chi connectivity index (χ3v) is 6.88. The number of ether oxygens (including phenoxy) is 1. The summed E-state index contributed by atoms with van der Waals surface area (Å²) >= 11 is 1.51. The number of amides is 1. The molecular weight excluding hydrogens is 346 g/mol. The second-order valence-corrected chi connectivity index (χ2v) is 9.92. The van der Waals surface area contributed by atoms with E-state index in [2.05, 4.69) is 5.32 Å². The molecule has 0 aromatic heterocycles. The molecule has 1 saturated heterocycles. The molecule has 0 spiro atoms. The van der Waals surface area contributed by atoms with Gasteiger partial charge in [-0.15, -0.1) is 11.8 Å². The molecule has 2 rings (SSSR count). The summed E-state index contributed by atoms with van der Waals surface area (Å²) in [6.45, 7) is 6.40. The van der Waals surface area contributed by atoms with Crippen molar-refractivity contribution < 1.29 is 17.9 Å². The highest BCUT2D eigenvalue weighted by molar-refractivity contribution is 8.00. The molecule has 1 fully saturated rings. The molecule has 1 aliphatic rings. The Kier molecular flexibility index (Phi) is 6.57. The molecule has 134 valence electrons. The van der Waals surface area contributed by atoms with Crippen molar-refractivity contribution in [2.75, 3.05) is 23.9 Å². The highest BCUT2D eigenvalue weighted by Gasteiger charge is 2.29. The van der Waals surface area contributed by atoms with Gasteiger partial charge < -0.3 is 10.1 Å². The van der Waals surface area contributed by atoms with E-state index in [1.807, 2.05) is 39.0 Å². The molecule has 1 aliphatic heterocycles. The zero-order chi connectivity index (χ0) is 17.7. The van der Waals surface area contributed by atoms with Gasteiger partial charge in [0.1, 0.15) is 5.75 Å². The number of hydrogen-bond acceptors (Lipinski definition) is 5. The van der Waals surface area contributed by atoms with Gasteiger partial charge in [-0.1, -0.05) is 12.1 Å². The molecule has 5 nitrogen and oxygen atoms in total. The summed E-state index contributed by atoms with van der Waals surface area (Å²) in [7, 11) is -2.97. The Bertz CT molecular complexity index is 688. The fraction of sp³-hybridized carbons (Fsp3) is 0.588. The van der Waals surface area contributed by atoms with Crippen LogP contribution in [0, 0.1) is 13.8 Å². The smallest absolute Gasteiger partial charge is 0.233 e. The monoisotopic (exact) mass is 371 g/mol. The van der Waals surface area contributed by atoms with E-state index >= 15 is 0 Å². The number of aryl methyl sites for hydroxylation is 2. The van der Waals surface area contributed by atoms with E-state index in [9.17, 15) is 13.2 Å². The van der Waals surface area contributed by atoms with Crippen LogP contribution in [-0.2, 0) is 14.6 Å². The molecule has 24 heavy (non-hydrogen) atoms. The van der Waals surface area contributed by atoms with E-state index in [0.29, 0.717) is 18.8 Å². The predicted molar refractivity (Wildman–Crippen MR) is 98.5 cm³/mol. The first-order valence-electron chi connectivity index (χ1n) is 8.09. The normalized spacial score (nSPS) is 20.5. The quantitative estimate of drug-likeness (QED) is 0.743. The number of benzene rings is 1. The number of nitrogens with one attached hydrogen (secondary N) is 1. The Labute approximate surface area is 148 Å². The first kappa shape index (κ1) is 19.1. The van der Waals surface area contributed by atoms with Crippen LogP contribution in [0.3, 0.4) is 0 Å². The van der Waals surface area contributed by atoms with Crippen molar-refractivity contribution >= 4 is 27.5 Å². The van der Waals surface area contributed by atoms with Crippen molar-refractivity contribution in [2.24, 2.45) is 0 Å². The van der Waals surface area contributed by atoms with Crippen LogP contribution in [0.15, 0.2) is 18.2 Å². The van der Waals surface area contributed by atoms with Gasteiger partial charge in [0, 0.05) is 11.8 Å². The molecule has 1 amide bonds. The van der Waals surface area contributed by atoms with Crippen molar-refractivity contribution in [3.63, 3.8) is 0 Å². The molecule has 1 heterocycles. The van der Waals surface area contributed by atoms with Gasteiger partial charge in [-0.2, -0.15) is 0 Å². The first-order valence-corrected chi connectivity index (χ1v) is 11.0. The number of carbonyl (C=O) groups is 1. The number of rotatable bonds is 7. The third kappa shape index (κ3) is 5.70. The van der Waals surface area contributed by atoms with E-state index in [4.69, 9.17) is 4.74 Å². The minimum Gasteiger partial charge on any atom is -0.492 e. The maximum Gasteiger partial charge on any atom is 0.233 e. The molecular formula is C17H25NO4S2. The Hall–Kier alpha value is -1.21. The maximum atomic E-state index is 12.1. The minimum atomic E-state index is -2.97. The zero-order valence-corrected chi connectivity index (χ0v) is 16.0. The van der Waals surface area contributed by atoms with E-state index in [-0.39, 0.29) is 28.7 Å². The van der Waals surface area contributed by atoms with Crippen molar-refractivity contribution in [3.8, 4) is 5.75 Å². The summed E-state index contributed by atoms with van der Waals surface area (Å²) in [5, 5.41) is 2.60. The average molecular weight is 372 g/mol. The van der Waals surface area contributed by atoms with Crippen LogP contribution in [0.4, 0.5) is 0 Å². The third-order valence-electron chi connectivity index (χ3n) is 4.00. The molecule has 0 aliphatic carbocycles. The SMILES string of the molecule is Cc1ccc(C)c(OCCSC(C)C(=O)NC2CCS(=O)(=O)C2)c1. The fourth-order valence-electron chi connectivity index (χ4n) is 2.54. The standard InChI is InChI=1S/C17H25NO4S2/c1-12-4-5-13(2)16(10-12)22-7-8-23-14(3)17(19)18-15-6-9-24(20,21)11-15/h4-5,10,14-15H,6-9,11H2,1-3H3,(H,18,19). The van der Waals surface area contributed by atoms with E-state index in [0.717, 1.165) is 16.9 Å². The Morgan fingerprint density at radius 1 is 1.42 bits per heavy atom. The lowest BCUT2D eigenvalue weighted by Gasteiger charge is -2.16. The summed E-state index contributed by atoms with van der Waals surface area (Å²) in [4.78, 5) is 12.1. The number of thioether (sulfide) groups is 1.